The van der Waals surface area contributed by atoms with Gasteiger partial charge in [-0.3, -0.25) is 0 Å². The molecule has 2 heterocycles. The maximum atomic E-state index is 5.58. The van der Waals surface area contributed by atoms with E-state index in [4.69, 9.17) is 4.74 Å². The van der Waals surface area contributed by atoms with E-state index in [9.17, 15) is 0 Å². The number of likely N-dealkylation sites (tertiary alicyclic amines) is 1. The van der Waals surface area contributed by atoms with Crippen LogP contribution in [0.5, 0.6) is 0 Å². The van der Waals surface area contributed by atoms with Crippen molar-refractivity contribution in [3.8, 4) is 0 Å². The lowest BCUT2D eigenvalue weighted by Gasteiger charge is -2.39. The monoisotopic (exact) mass is 268 g/mol. The summed E-state index contributed by atoms with van der Waals surface area (Å²) in [6.07, 6.45) is 5.14. The normalized spacial score (nSPS) is 29.5. The molecule has 1 N–H and O–H groups in total. The molecule has 0 aliphatic carbocycles. The standard InChI is InChI=1S/C16H32N2O/c1-4-8-17-15(14-5-11-19-13-14)12-18-9-6-16(2,3)7-10-18/h14-15,17H,4-13H2,1-3H3. The van der Waals surface area contributed by atoms with Crippen LogP contribution in [-0.2, 0) is 4.74 Å². The molecule has 2 rings (SSSR count). The molecule has 0 radical (unpaired) electrons. The number of nitrogens with one attached hydrogen (secondary N) is 1. The van der Waals surface area contributed by atoms with Crippen LogP contribution in [0.15, 0.2) is 0 Å². The fourth-order valence-electron chi connectivity index (χ4n) is 3.20. The largest absolute Gasteiger partial charge is 0.381 e. The van der Waals surface area contributed by atoms with Gasteiger partial charge in [-0.2, -0.15) is 0 Å². The Morgan fingerprint density at radius 1 is 1.32 bits per heavy atom. The summed E-state index contributed by atoms with van der Waals surface area (Å²) in [6, 6.07) is 0.628. The summed E-state index contributed by atoms with van der Waals surface area (Å²) in [6.45, 7) is 13.9. The number of piperidine rings is 1. The Bertz CT molecular complexity index is 251. The number of rotatable bonds is 6. The third-order valence-corrected chi connectivity index (χ3v) is 4.85. The summed E-state index contributed by atoms with van der Waals surface area (Å²) in [5.74, 6) is 0.724. The van der Waals surface area contributed by atoms with E-state index in [2.05, 4.69) is 31.0 Å². The van der Waals surface area contributed by atoms with Crippen molar-refractivity contribution in [1.82, 2.24) is 10.2 Å². The minimum atomic E-state index is 0.555. The summed E-state index contributed by atoms with van der Waals surface area (Å²) in [4.78, 5) is 2.66. The highest BCUT2D eigenvalue weighted by molar-refractivity contribution is 4.85. The maximum absolute atomic E-state index is 5.58. The van der Waals surface area contributed by atoms with Gasteiger partial charge in [0.1, 0.15) is 0 Å². The van der Waals surface area contributed by atoms with E-state index in [0.717, 1.165) is 25.7 Å². The summed E-state index contributed by atoms with van der Waals surface area (Å²) in [5.41, 5.74) is 0.555. The first-order valence-corrected chi connectivity index (χ1v) is 8.14. The second kappa shape index (κ2) is 7.05. The highest BCUT2D eigenvalue weighted by atomic mass is 16.5. The first-order valence-electron chi connectivity index (χ1n) is 8.14. The third kappa shape index (κ3) is 4.73. The molecular formula is C16H32N2O. The summed E-state index contributed by atoms with van der Waals surface area (Å²) >= 11 is 0. The lowest BCUT2D eigenvalue weighted by Crippen LogP contribution is -2.49. The zero-order chi connectivity index (χ0) is 13.7. The van der Waals surface area contributed by atoms with Crippen molar-refractivity contribution in [2.45, 2.75) is 52.5 Å². The minimum absolute atomic E-state index is 0.555. The van der Waals surface area contributed by atoms with Crippen LogP contribution < -0.4 is 5.32 Å². The van der Waals surface area contributed by atoms with Gasteiger partial charge in [0.15, 0.2) is 0 Å². The van der Waals surface area contributed by atoms with E-state index >= 15 is 0 Å². The van der Waals surface area contributed by atoms with Crippen molar-refractivity contribution in [3.63, 3.8) is 0 Å². The lowest BCUT2D eigenvalue weighted by atomic mass is 9.82. The van der Waals surface area contributed by atoms with Gasteiger partial charge in [-0.15, -0.1) is 0 Å². The molecule has 3 nitrogen and oxygen atoms in total. The SMILES string of the molecule is CCCNC(CN1CCC(C)(C)CC1)C1CCOC1. The molecule has 0 amide bonds. The van der Waals surface area contributed by atoms with Gasteiger partial charge in [-0.25, -0.2) is 0 Å². The molecule has 2 fully saturated rings. The van der Waals surface area contributed by atoms with Crippen molar-refractivity contribution in [1.29, 1.82) is 0 Å². The Morgan fingerprint density at radius 2 is 2.05 bits per heavy atom. The molecule has 3 heteroatoms. The lowest BCUT2D eigenvalue weighted by molar-refractivity contribution is 0.107. The topological polar surface area (TPSA) is 24.5 Å². The number of nitrogens with zero attached hydrogens (tertiary/aromatic N) is 1. The fraction of sp³-hybridized carbons (Fsp3) is 1.00. The molecular weight excluding hydrogens is 236 g/mol. The minimum Gasteiger partial charge on any atom is -0.381 e. The highest BCUT2D eigenvalue weighted by Crippen LogP contribution is 2.30. The summed E-state index contributed by atoms with van der Waals surface area (Å²) in [7, 11) is 0. The average molecular weight is 268 g/mol. The summed E-state index contributed by atoms with van der Waals surface area (Å²) in [5, 5.41) is 3.76. The Labute approximate surface area is 119 Å². The fourth-order valence-corrected chi connectivity index (χ4v) is 3.20. The molecule has 0 saturated carbocycles. The molecule has 0 spiro atoms. The number of ether oxygens (including phenoxy) is 1. The summed E-state index contributed by atoms with van der Waals surface area (Å²) < 4.78 is 5.58. The Hall–Kier alpha value is -0.120. The van der Waals surface area contributed by atoms with Gasteiger partial charge in [0.2, 0.25) is 0 Å². The predicted molar refractivity (Wildman–Crippen MR) is 80.5 cm³/mol. The smallest absolute Gasteiger partial charge is 0.0510 e. The second-order valence-corrected chi connectivity index (χ2v) is 7.15. The maximum Gasteiger partial charge on any atom is 0.0510 e. The van der Waals surface area contributed by atoms with Crippen molar-refractivity contribution in [2.75, 3.05) is 39.4 Å². The third-order valence-electron chi connectivity index (χ3n) is 4.85. The van der Waals surface area contributed by atoms with Crippen molar-refractivity contribution < 1.29 is 4.74 Å². The van der Waals surface area contributed by atoms with Gasteiger partial charge in [-0.05, 0) is 50.7 Å². The van der Waals surface area contributed by atoms with Crippen LogP contribution in [0.4, 0.5) is 0 Å². The Kier molecular flexibility index (Phi) is 5.67. The molecule has 0 bridgehead atoms. The van der Waals surface area contributed by atoms with Gasteiger partial charge in [0.25, 0.3) is 0 Å². The molecule has 19 heavy (non-hydrogen) atoms. The Balaban J connectivity index is 1.81. The van der Waals surface area contributed by atoms with Crippen molar-refractivity contribution in [3.05, 3.63) is 0 Å². The highest BCUT2D eigenvalue weighted by Gasteiger charge is 2.30. The van der Waals surface area contributed by atoms with Crippen LogP contribution in [0, 0.1) is 11.3 Å². The van der Waals surface area contributed by atoms with Crippen LogP contribution in [-0.4, -0.2) is 50.3 Å². The van der Waals surface area contributed by atoms with Gasteiger partial charge in [-0.1, -0.05) is 20.8 Å². The zero-order valence-corrected chi connectivity index (χ0v) is 13.1. The van der Waals surface area contributed by atoms with Gasteiger partial charge in [0.05, 0.1) is 6.61 Å². The van der Waals surface area contributed by atoms with Crippen molar-refractivity contribution >= 4 is 0 Å². The van der Waals surface area contributed by atoms with Gasteiger partial charge in [0, 0.05) is 25.1 Å². The van der Waals surface area contributed by atoms with Gasteiger partial charge < -0.3 is 15.0 Å². The van der Waals surface area contributed by atoms with Crippen molar-refractivity contribution in [2.24, 2.45) is 11.3 Å². The predicted octanol–water partition coefficient (Wildman–Crippen LogP) is 2.51. The van der Waals surface area contributed by atoms with E-state index in [1.165, 1.54) is 45.3 Å². The van der Waals surface area contributed by atoms with Crippen LogP contribution in [0.2, 0.25) is 0 Å². The molecule has 2 aliphatic rings. The molecule has 0 aromatic carbocycles. The quantitative estimate of drug-likeness (QED) is 0.801. The number of hydrogen-bond acceptors (Lipinski definition) is 3. The van der Waals surface area contributed by atoms with E-state index in [1.807, 2.05) is 0 Å². The molecule has 112 valence electrons. The second-order valence-electron chi connectivity index (χ2n) is 7.15. The van der Waals surface area contributed by atoms with Crippen LogP contribution in [0.1, 0.15) is 46.5 Å². The molecule has 0 aromatic heterocycles. The molecule has 0 aromatic rings. The molecule has 2 atom stereocenters. The Morgan fingerprint density at radius 3 is 2.63 bits per heavy atom. The van der Waals surface area contributed by atoms with E-state index in [0.29, 0.717) is 11.5 Å². The van der Waals surface area contributed by atoms with Gasteiger partial charge >= 0.3 is 0 Å². The van der Waals surface area contributed by atoms with Crippen LogP contribution in [0.3, 0.4) is 0 Å². The van der Waals surface area contributed by atoms with E-state index in [1.54, 1.807) is 0 Å². The first kappa shape index (κ1) is 15.3. The first-order chi connectivity index (χ1) is 9.11. The molecule has 2 aliphatic heterocycles. The van der Waals surface area contributed by atoms with E-state index < -0.39 is 0 Å². The van der Waals surface area contributed by atoms with Crippen LogP contribution >= 0.6 is 0 Å². The van der Waals surface area contributed by atoms with E-state index in [-0.39, 0.29) is 0 Å². The average Bonchev–Trinajstić information content (AvgIpc) is 2.90. The van der Waals surface area contributed by atoms with Crippen LogP contribution in [0.25, 0.3) is 0 Å². The zero-order valence-electron chi connectivity index (χ0n) is 13.1. The molecule has 2 saturated heterocycles. The molecule has 2 unspecified atom stereocenters. The number of hydrogen-bond donors (Lipinski definition) is 1.